The Labute approximate surface area is 145 Å². The van der Waals surface area contributed by atoms with Gasteiger partial charge in [-0.05, 0) is 51.5 Å². The van der Waals surface area contributed by atoms with E-state index >= 15 is 0 Å². The lowest BCUT2D eigenvalue weighted by atomic mass is 10.2. The minimum absolute atomic E-state index is 0. The number of nitrogen functional groups attached to an aromatic ring is 2. The molecule has 0 atom stereocenters. The number of aromatic nitrogens is 4. The summed E-state index contributed by atoms with van der Waals surface area (Å²) in [6.45, 7) is 0. The highest BCUT2D eigenvalue weighted by atomic mass is 35.5. The van der Waals surface area contributed by atoms with Crippen LogP contribution in [0.25, 0.3) is 5.69 Å². The Hall–Kier alpha value is -3.00. The molecular formula is C15H19ClN6O2. The first kappa shape index (κ1) is 19.0. The lowest BCUT2D eigenvalue weighted by molar-refractivity contribution is -0.716. The fourth-order valence-electron chi connectivity index (χ4n) is 1.74. The fourth-order valence-corrected chi connectivity index (χ4v) is 1.74. The molecule has 24 heavy (non-hydrogen) atoms. The quantitative estimate of drug-likeness (QED) is 0.370. The van der Waals surface area contributed by atoms with Gasteiger partial charge in [-0.25, -0.2) is 0 Å². The Kier molecular flexibility index (Phi) is 7.31. The first-order valence-corrected chi connectivity index (χ1v) is 6.75. The van der Waals surface area contributed by atoms with Gasteiger partial charge in [-0.1, -0.05) is 0 Å². The number of halogens is 1. The number of rotatable bonds is 3. The van der Waals surface area contributed by atoms with E-state index in [0.29, 0.717) is 11.4 Å². The Morgan fingerprint density at radius 3 is 2.12 bits per heavy atom. The minimum Gasteiger partial charge on any atom is -1.00 e. The second-order valence-corrected chi connectivity index (χ2v) is 4.47. The van der Waals surface area contributed by atoms with Crippen molar-refractivity contribution in [3.05, 3.63) is 48.8 Å². The SMILES string of the molecule is COc1ccc(N)c(-[n+]2ncn[nH]2)c1.COc1ccc(N)cc1.[Cl-]. The van der Waals surface area contributed by atoms with E-state index < -0.39 is 0 Å². The van der Waals surface area contributed by atoms with Crippen molar-refractivity contribution in [2.75, 3.05) is 25.7 Å². The topological polar surface area (TPSA) is 116 Å². The second-order valence-electron chi connectivity index (χ2n) is 4.47. The van der Waals surface area contributed by atoms with Crippen molar-refractivity contribution in [2.24, 2.45) is 0 Å². The summed E-state index contributed by atoms with van der Waals surface area (Å²) in [5.41, 5.74) is 13.3. The average molecular weight is 351 g/mol. The molecule has 9 heteroatoms. The number of nitrogens with two attached hydrogens (primary N) is 2. The van der Waals surface area contributed by atoms with Crippen LogP contribution >= 0.6 is 0 Å². The van der Waals surface area contributed by atoms with Crippen molar-refractivity contribution in [3.8, 4) is 17.2 Å². The summed E-state index contributed by atoms with van der Waals surface area (Å²) in [5, 5.41) is 10.3. The molecule has 2 aromatic carbocycles. The van der Waals surface area contributed by atoms with Gasteiger partial charge < -0.3 is 33.3 Å². The van der Waals surface area contributed by atoms with Gasteiger partial charge in [-0.2, -0.15) is 0 Å². The van der Waals surface area contributed by atoms with Crippen molar-refractivity contribution < 1.29 is 26.7 Å². The van der Waals surface area contributed by atoms with Gasteiger partial charge in [-0.3, -0.25) is 0 Å². The van der Waals surface area contributed by atoms with Crippen molar-refractivity contribution in [3.63, 3.8) is 0 Å². The number of nitrogens with one attached hydrogen (secondary N) is 1. The van der Waals surface area contributed by atoms with Crippen LogP contribution in [0.1, 0.15) is 0 Å². The molecule has 0 saturated carbocycles. The molecule has 1 aromatic heterocycles. The second kappa shape index (κ2) is 9.21. The Bertz CT molecular complexity index is 734. The number of anilines is 2. The van der Waals surface area contributed by atoms with E-state index in [1.54, 1.807) is 44.6 Å². The third-order valence-electron chi connectivity index (χ3n) is 2.96. The summed E-state index contributed by atoms with van der Waals surface area (Å²) < 4.78 is 9.99. The largest absolute Gasteiger partial charge is 1.00 e. The highest BCUT2D eigenvalue weighted by Crippen LogP contribution is 2.18. The zero-order valence-corrected chi connectivity index (χ0v) is 14.1. The van der Waals surface area contributed by atoms with Crippen molar-refractivity contribution in [1.29, 1.82) is 0 Å². The summed E-state index contributed by atoms with van der Waals surface area (Å²) >= 11 is 0. The van der Waals surface area contributed by atoms with Crippen LogP contribution in [0.2, 0.25) is 0 Å². The highest BCUT2D eigenvalue weighted by Gasteiger charge is 2.10. The van der Waals surface area contributed by atoms with Gasteiger partial charge in [0.25, 0.3) is 6.33 Å². The summed E-state index contributed by atoms with van der Waals surface area (Å²) in [5.74, 6) is 1.56. The van der Waals surface area contributed by atoms with Crippen LogP contribution < -0.4 is 38.1 Å². The number of aromatic amines is 1. The molecule has 0 saturated heterocycles. The zero-order chi connectivity index (χ0) is 16.7. The summed E-state index contributed by atoms with van der Waals surface area (Å²) in [6, 6.07) is 12.6. The molecular weight excluding hydrogens is 332 g/mol. The van der Waals surface area contributed by atoms with E-state index in [1.165, 1.54) is 11.1 Å². The first-order chi connectivity index (χ1) is 11.1. The molecule has 0 amide bonds. The molecule has 0 aliphatic heterocycles. The average Bonchev–Trinajstić information content (AvgIpc) is 3.11. The standard InChI is InChI=1S/C8H9N5O.C7H9NO.ClH/c1-14-6-2-3-7(9)8(4-6)13-11-5-10-12-13;1-9-7-4-2-6(8)3-5-7;/h2-5H,9H2,1H3;2-5H,8H2,1H3;1H. The highest BCUT2D eigenvalue weighted by molar-refractivity contribution is 5.55. The Morgan fingerprint density at radius 1 is 0.958 bits per heavy atom. The number of methoxy groups -OCH3 is 2. The number of tetrazole rings is 1. The Balaban J connectivity index is 0.000000252. The maximum Gasteiger partial charge on any atom is 0.297 e. The summed E-state index contributed by atoms with van der Waals surface area (Å²) in [4.78, 5) is 1.47. The van der Waals surface area contributed by atoms with Crippen LogP contribution in [0.15, 0.2) is 48.8 Å². The van der Waals surface area contributed by atoms with Crippen LogP contribution in [-0.2, 0) is 0 Å². The van der Waals surface area contributed by atoms with Gasteiger partial charge in [-0.15, -0.1) is 0 Å². The van der Waals surface area contributed by atoms with Gasteiger partial charge in [0.15, 0.2) is 0 Å². The molecule has 0 aliphatic rings. The van der Waals surface area contributed by atoms with Crippen LogP contribution in [0.4, 0.5) is 11.4 Å². The first-order valence-electron chi connectivity index (χ1n) is 6.75. The number of benzene rings is 2. The van der Waals surface area contributed by atoms with Gasteiger partial charge >= 0.3 is 0 Å². The van der Waals surface area contributed by atoms with Crippen LogP contribution in [0.3, 0.4) is 0 Å². The molecule has 0 radical (unpaired) electrons. The number of nitrogens with zero attached hydrogens (tertiary/aromatic N) is 3. The monoisotopic (exact) mass is 350 g/mol. The molecule has 128 valence electrons. The molecule has 0 bridgehead atoms. The van der Waals surface area contributed by atoms with Crippen molar-refractivity contribution in [1.82, 2.24) is 15.4 Å². The summed E-state index contributed by atoms with van der Waals surface area (Å²) in [6.07, 6.45) is 1.40. The molecule has 0 unspecified atom stereocenters. The van der Waals surface area contributed by atoms with E-state index in [2.05, 4.69) is 15.4 Å². The van der Waals surface area contributed by atoms with Crippen LogP contribution in [0.5, 0.6) is 11.5 Å². The third kappa shape index (κ3) is 5.03. The predicted octanol–water partition coefficient (Wildman–Crippen LogP) is -2.05. The lowest BCUT2D eigenvalue weighted by Gasteiger charge is -2.01. The molecule has 3 rings (SSSR count). The van der Waals surface area contributed by atoms with E-state index in [0.717, 1.165) is 17.2 Å². The maximum absolute atomic E-state index is 5.77. The van der Waals surface area contributed by atoms with Crippen molar-refractivity contribution >= 4 is 11.4 Å². The maximum atomic E-state index is 5.77. The van der Waals surface area contributed by atoms with E-state index in [1.807, 2.05) is 12.1 Å². The van der Waals surface area contributed by atoms with Crippen LogP contribution in [0, 0.1) is 0 Å². The summed E-state index contributed by atoms with van der Waals surface area (Å²) in [7, 11) is 3.23. The molecule has 1 heterocycles. The number of hydrogen-bond acceptors (Lipinski definition) is 6. The number of hydrogen-bond donors (Lipinski definition) is 3. The van der Waals surface area contributed by atoms with Gasteiger partial charge in [0, 0.05) is 11.8 Å². The molecule has 0 fully saturated rings. The number of H-pyrrole nitrogens is 1. The smallest absolute Gasteiger partial charge is 0.297 e. The van der Waals surface area contributed by atoms with Gasteiger partial charge in [0.2, 0.25) is 5.69 Å². The molecule has 3 aromatic rings. The zero-order valence-electron chi connectivity index (χ0n) is 13.3. The van der Waals surface area contributed by atoms with E-state index in [9.17, 15) is 0 Å². The molecule has 8 nitrogen and oxygen atoms in total. The molecule has 0 aliphatic carbocycles. The minimum atomic E-state index is 0. The van der Waals surface area contributed by atoms with Gasteiger partial charge in [0.1, 0.15) is 11.5 Å². The van der Waals surface area contributed by atoms with E-state index in [4.69, 9.17) is 20.9 Å². The van der Waals surface area contributed by atoms with Crippen LogP contribution in [-0.4, -0.2) is 29.6 Å². The van der Waals surface area contributed by atoms with Crippen molar-refractivity contribution in [2.45, 2.75) is 0 Å². The number of ether oxygens (including phenoxy) is 2. The lowest BCUT2D eigenvalue weighted by Crippen LogP contribution is -3.00. The molecule has 5 N–H and O–H groups in total. The fraction of sp³-hybridized carbons (Fsp3) is 0.133. The Morgan fingerprint density at radius 2 is 1.58 bits per heavy atom. The predicted molar refractivity (Wildman–Crippen MR) is 86.3 cm³/mol. The normalized spacial score (nSPS) is 9.25. The van der Waals surface area contributed by atoms with Gasteiger partial charge in [0.05, 0.1) is 25.0 Å². The molecule has 0 spiro atoms. The third-order valence-corrected chi connectivity index (χ3v) is 2.96. The van der Waals surface area contributed by atoms with E-state index in [-0.39, 0.29) is 12.4 Å².